The van der Waals surface area contributed by atoms with Crippen molar-refractivity contribution in [1.29, 1.82) is 0 Å². The van der Waals surface area contributed by atoms with Gasteiger partial charge in [-0.1, -0.05) is 18.7 Å². The van der Waals surface area contributed by atoms with Gasteiger partial charge in [0.1, 0.15) is 4.88 Å². The number of rotatable bonds is 8. The predicted octanol–water partition coefficient (Wildman–Crippen LogP) is 4.52. The van der Waals surface area contributed by atoms with Crippen LogP contribution in [0, 0.1) is 13.8 Å². The van der Waals surface area contributed by atoms with Gasteiger partial charge in [-0.05, 0) is 44.5 Å². The second kappa shape index (κ2) is 9.11. The van der Waals surface area contributed by atoms with Crippen molar-refractivity contribution in [2.24, 2.45) is 0 Å². The van der Waals surface area contributed by atoms with E-state index in [0.717, 1.165) is 22.0 Å². The molecule has 2 heterocycles. The average molecular weight is 417 g/mol. The van der Waals surface area contributed by atoms with Crippen molar-refractivity contribution in [3.8, 4) is 10.8 Å². The molecule has 0 radical (unpaired) electrons. The molecule has 7 nitrogen and oxygen atoms in total. The van der Waals surface area contributed by atoms with Gasteiger partial charge < -0.3 is 9.73 Å². The minimum Gasteiger partial charge on any atom is -0.410 e. The Morgan fingerprint density at radius 2 is 1.93 bits per heavy atom. The van der Waals surface area contributed by atoms with Crippen LogP contribution in [-0.2, 0) is 4.79 Å². The van der Waals surface area contributed by atoms with Crippen LogP contribution in [0.3, 0.4) is 0 Å². The number of carbonyl (C=O) groups is 2. The molecule has 3 rings (SSSR count). The van der Waals surface area contributed by atoms with Crippen LogP contribution in [-0.4, -0.2) is 32.6 Å². The molecule has 0 spiro atoms. The number of hydrogen-bond donors (Lipinski definition) is 1. The zero-order valence-electron chi connectivity index (χ0n) is 15.8. The predicted molar refractivity (Wildman–Crippen MR) is 110 cm³/mol. The second-order valence-electron chi connectivity index (χ2n) is 6.11. The van der Waals surface area contributed by atoms with Crippen molar-refractivity contribution in [2.45, 2.75) is 38.8 Å². The van der Waals surface area contributed by atoms with E-state index in [1.165, 1.54) is 23.1 Å². The van der Waals surface area contributed by atoms with E-state index < -0.39 is 0 Å². The highest BCUT2D eigenvalue weighted by Crippen LogP contribution is 2.30. The van der Waals surface area contributed by atoms with Crippen molar-refractivity contribution in [3.05, 3.63) is 40.5 Å². The van der Waals surface area contributed by atoms with Crippen molar-refractivity contribution in [2.75, 3.05) is 11.1 Å². The van der Waals surface area contributed by atoms with Gasteiger partial charge in [-0.15, -0.1) is 21.5 Å². The van der Waals surface area contributed by atoms with Gasteiger partial charge >= 0.3 is 0 Å². The molecule has 9 heteroatoms. The van der Waals surface area contributed by atoms with Crippen LogP contribution in [0.25, 0.3) is 10.8 Å². The van der Waals surface area contributed by atoms with Crippen LogP contribution in [0.15, 0.2) is 33.9 Å². The Balaban J connectivity index is 1.57. The van der Waals surface area contributed by atoms with E-state index in [4.69, 9.17) is 4.42 Å². The summed E-state index contributed by atoms with van der Waals surface area (Å²) in [5.74, 6) is 0.520. The molecular formula is C19H20N4O3S2. The molecule has 0 aliphatic heterocycles. The largest absolute Gasteiger partial charge is 0.410 e. The summed E-state index contributed by atoms with van der Waals surface area (Å²) in [6, 6.07) is 6.86. The summed E-state index contributed by atoms with van der Waals surface area (Å²) in [7, 11) is 0. The molecule has 0 unspecified atom stereocenters. The number of Topliss-reactive ketones (excluding diaryl/α,β-unsaturated/α-hetero) is 1. The Hall–Kier alpha value is -2.52. The number of nitrogens with zero attached hydrogens (tertiary/aromatic N) is 3. The highest BCUT2D eigenvalue weighted by atomic mass is 32.2. The first kappa shape index (κ1) is 20.2. The van der Waals surface area contributed by atoms with Crippen molar-refractivity contribution >= 4 is 40.5 Å². The molecule has 0 saturated carbocycles. The lowest BCUT2D eigenvalue weighted by molar-refractivity contribution is -0.116. The number of carbonyl (C=O) groups excluding carboxylic acids is 2. The molecule has 0 saturated heterocycles. The second-order valence-corrected chi connectivity index (χ2v) is 8.24. The summed E-state index contributed by atoms with van der Waals surface area (Å²) < 4.78 is 5.65. The van der Waals surface area contributed by atoms with Gasteiger partial charge in [0.05, 0.1) is 16.5 Å². The van der Waals surface area contributed by atoms with E-state index in [2.05, 4.69) is 20.5 Å². The Kier molecular flexibility index (Phi) is 6.58. The van der Waals surface area contributed by atoms with Crippen LogP contribution in [0.2, 0.25) is 0 Å². The van der Waals surface area contributed by atoms with Gasteiger partial charge in [0, 0.05) is 17.7 Å². The first-order valence-electron chi connectivity index (χ1n) is 8.80. The number of thiazole rings is 1. The quantitative estimate of drug-likeness (QED) is 0.426. The summed E-state index contributed by atoms with van der Waals surface area (Å²) >= 11 is 2.69. The number of aromatic nitrogens is 3. The topological polar surface area (TPSA) is 98.0 Å². The number of hydrogen-bond acceptors (Lipinski definition) is 8. The van der Waals surface area contributed by atoms with Gasteiger partial charge in [-0.25, -0.2) is 4.98 Å². The third-order valence-corrected chi connectivity index (χ3v) is 5.68. The maximum absolute atomic E-state index is 12.4. The summed E-state index contributed by atoms with van der Waals surface area (Å²) in [5, 5.41) is 12.1. The highest BCUT2D eigenvalue weighted by molar-refractivity contribution is 7.99. The Morgan fingerprint density at radius 1 is 1.18 bits per heavy atom. The first-order chi connectivity index (χ1) is 13.5. The zero-order chi connectivity index (χ0) is 20.1. The fraction of sp³-hybridized carbons (Fsp3) is 0.316. The van der Waals surface area contributed by atoms with Crippen molar-refractivity contribution in [1.82, 2.24) is 15.2 Å². The van der Waals surface area contributed by atoms with Crippen LogP contribution in [0.1, 0.15) is 40.8 Å². The number of anilines is 1. The molecule has 0 aliphatic rings. The molecule has 1 amide bonds. The first-order valence-corrected chi connectivity index (χ1v) is 10.6. The summed E-state index contributed by atoms with van der Waals surface area (Å²) in [5.41, 5.74) is 2.10. The molecule has 0 fully saturated rings. The molecule has 1 aromatic carbocycles. The SMILES string of the molecule is CCCC(=O)Nc1ccc(C(=O)CSc2nnc(-c3sc(C)nc3C)o2)cc1. The number of benzene rings is 1. The van der Waals surface area contributed by atoms with E-state index in [1.807, 2.05) is 20.8 Å². The van der Waals surface area contributed by atoms with Crippen LogP contribution >= 0.6 is 23.1 Å². The lowest BCUT2D eigenvalue weighted by atomic mass is 10.1. The fourth-order valence-electron chi connectivity index (χ4n) is 2.49. The summed E-state index contributed by atoms with van der Waals surface area (Å²) in [6.45, 7) is 5.77. The fourth-order valence-corrected chi connectivity index (χ4v) is 3.99. The van der Waals surface area contributed by atoms with E-state index in [0.29, 0.717) is 28.8 Å². The third-order valence-electron chi connectivity index (χ3n) is 3.80. The van der Waals surface area contributed by atoms with Crippen LogP contribution in [0.5, 0.6) is 0 Å². The monoisotopic (exact) mass is 416 g/mol. The van der Waals surface area contributed by atoms with Gasteiger partial charge in [-0.2, -0.15) is 0 Å². The lowest BCUT2D eigenvalue weighted by Crippen LogP contribution is -2.10. The van der Waals surface area contributed by atoms with E-state index in [9.17, 15) is 9.59 Å². The van der Waals surface area contributed by atoms with E-state index in [1.54, 1.807) is 24.3 Å². The number of thioether (sulfide) groups is 1. The maximum Gasteiger partial charge on any atom is 0.277 e. The number of ketones is 1. The summed E-state index contributed by atoms with van der Waals surface area (Å²) in [6.07, 6.45) is 1.27. The Bertz CT molecular complexity index is 979. The maximum atomic E-state index is 12.4. The average Bonchev–Trinajstić information content (AvgIpc) is 3.26. The van der Waals surface area contributed by atoms with E-state index in [-0.39, 0.29) is 17.4 Å². The number of amides is 1. The molecular weight excluding hydrogens is 396 g/mol. The van der Waals surface area contributed by atoms with Gasteiger partial charge in [-0.3, -0.25) is 9.59 Å². The number of nitrogens with one attached hydrogen (secondary N) is 1. The van der Waals surface area contributed by atoms with Gasteiger partial charge in [0.25, 0.3) is 11.1 Å². The van der Waals surface area contributed by atoms with Gasteiger partial charge in [0.2, 0.25) is 5.91 Å². The minimum absolute atomic E-state index is 0.0318. The smallest absolute Gasteiger partial charge is 0.277 e. The lowest BCUT2D eigenvalue weighted by Gasteiger charge is -2.05. The molecule has 0 aliphatic carbocycles. The molecule has 3 aromatic rings. The molecule has 0 atom stereocenters. The van der Waals surface area contributed by atoms with Gasteiger partial charge in [0.15, 0.2) is 5.78 Å². The van der Waals surface area contributed by atoms with Crippen LogP contribution in [0.4, 0.5) is 5.69 Å². The standard InChI is InChI=1S/C19H20N4O3S2/c1-4-5-16(25)21-14-8-6-13(7-9-14)15(24)10-27-19-23-22-18(26-19)17-11(2)20-12(3)28-17/h6-9H,4-5,10H2,1-3H3,(H,21,25). The zero-order valence-corrected chi connectivity index (χ0v) is 17.4. The van der Waals surface area contributed by atoms with Crippen LogP contribution < -0.4 is 5.32 Å². The molecule has 28 heavy (non-hydrogen) atoms. The Labute approximate surface area is 171 Å². The Morgan fingerprint density at radius 3 is 2.57 bits per heavy atom. The highest BCUT2D eigenvalue weighted by Gasteiger charge is 2.16. The van der Waals surface area contributed by atoms with Crippen molar-refractivity contribution < 1.29 is 14.0 Å². The van der Waals surface area contributed by atoms with Crippen molar-refractivity contribution in [3.63, 3.8) is 0 Å². The minimum atomic E-state index is -0.0546. The third kappa shape index (κ3) is 5.05. The summed E-state index contributed by atoms with van der Waals surface area (Å²) in [4.78, 5) is 29.2. The van der Waals surface area contributed by atoms with E-state index >= 15 is 0 Å². The number of aryl methyl sites for hydroxylation is 2. The molecule has 1 N–H and O–H groups in total. The molecule has 0 bridgehead atoms. The normalized spacial score (nSPS) is 10.8. The molecule has 146 valence electrons. The molecule has 2 aromatic heterocycles.